The molecule has 0 saturated carbocycles. The lowest BCUT2D eigenvalue weighted by atomic mass is 10.2. The summed E-state index contributed by atoms with van der Waals surface area (Å²) >= 11 is 11.6. The van der Waals surface area contributed by atoms with Crippen LogP contribution < -0.4 is 4.72 Å². The number of benzene rings is 1. The number of sulfonamides is 1. The molecule has 0 bridgehead atoms. The van der Waals surface area contributed by atoms with E-state index in [-0.39, 0.29) is 15.7 Å². The van der Waals surface area contributed by atoms with Gasteiger partial charge >= 0.3 is 5.97 Å². The fourth-order valence-corrected chi connectivity index (χ4v) is 3.61. The maximum absolute atomic E-state index is 12.3. The number of halogens is 2. The van der Waals surface area contributed by atoms with Crippen molar-refractivity contribution in [2.45, 2.75) is 4.90 Å². The number of aromatic carboxylic acids is 1. The van der Waals surface area contributed by atoms with Gasteiger partial charge in [-0.05, 0) is 12.1 Å². The van der Waals surface area contributed by atoms with E-state index in [1.165, 1.54) is 16.9 Å². The number of nitrogens with one attached hydrogen (secondary N) is 1. The highest BCUT2D eigenvalue weighted by Gasteiger charge is 2.25. The zero-order chi connectivity index (χ0) is 15.8. The normalized spacial score (nSPS) is 11.4. The number of hydrogen-bond acceptors (Lipinski definition) is 4. The van der Waals surface area contributed by atoms with E-state index in [2.05, 4.69) is 9.82 Å². The number of anilines is 1. The van der Waals surface area contributed by atoms with E-state index >= 15 is 0 Å². The van der Waals surface area contributed by atoms with Crippen molar-refractivity contribution >= 4 is 45.0 Å². The number of aromatic nitrogens is 2. The molecule has 112 valence electrons. The second kappa shape index (κ2) is 5.55. The van der Waals surface area contributed by atoms with Gasteiger partial charge in [-0.15, -0.1) is 0 Å². The average molecular weight is 350 g/mol. The van der Waals surface area contributed by atoms with Crippen LogP contribution in [0.1, 0.15) is 10.4 Å². The minimum atomic E-state index is -4.07. The van der Waals surface area contributed by atoms with Crippen LogP contribution in [0.15, 0.2) is 29.3 Å². The van der Waals surface area contributed by atoms with Crippen molar-refractivity contribution < 1.29 is 18.3 Å². The van der Waals surface area contributed by atoms with Gasteiger partial charge in [0.2, 0.25) is 0 Å². The van der Waals surface area contributed by atoms with Crippen LogP contribution in [-0.4, -0.2) is 29.3 Å². The molecule has 0 saturated heterocycles. The van der Waals surface area contributed by atoms with Gasteiger partial charge in [0.1, 0.15) is 10.7 Å². The largest absolute Gasteiger partial charge is 0.478 e. The number of carboxylic acids is 1. The van der Waals surface area contributed by atoms with Crippen molar-refractivity contribution in [1.82, 2.24) is 9.78 Å². The average Bonchev–Trinajstić information content (AvgIpc) is 2.73. The second-order valence-electron chi connectivity index (χ2n) is 3.99. The molecule has 0 aliphatic heterocycles. The number of carboxylic acid groups (broad SMARTS) is 1. The number of carbonyl (C=O) groups is 1. The molecule has 7 nitrogen and oxygen atoms in total. The van der Waals surface area contributed by atoms with Crippen molar-refractivity contribution in [3.8, 4) is 0 Å². The van der Waals surface area contributed by atoms with Crippen molar-refractivity contribution in [1.29, 1.82) is 0 Å². The van der Waals surface area contributed by atoms with E-state index in [1.807, 2.05) is 0 Å². The van der Waals surface area contributed by atoms with Crippen molar-refractivity contribution in [2.24, 2.45) is 7.05 Å². The van der Waals surface area contributed by atoms with Gasteiger partial charge in [-0.25, -0.2) is 13.2 Å². The molecule has 1 aromatic carbocycles. The Hall–Kier alpha value is -1.77. The molecule has 2 N–H and O–H groups in total. The molecule has 0 amide bonds. The predicted octanol–water partition coefficient (Wildman–Crippen LogP) is 2.23. The number of aryl methyl sites for hydroxylation is 1. The Labute approximate surface area is 130 Å². The van der Waals surface area contributed by atoms with Crippen molar-refractivity contribution in [3.05, 3.63) is 40.0 Å². The molecule has 1 aromatic heterocycles. The lowest BCUT2D eigenvalue weighted by Gasteiger charge is -2.11. The van der Waals surface area contributed by atoms with Gasteiger partial charge in [-0.2, -0.15) is 5.10 Å². The molecule has 0 spiro atoms. The van der Waals surface area contributed by atoms with Gasteiger partial charge in [-0.3, -0.25) is 9.40 Å². The number of hydrogen-bond donors (Lipinski definition) is 2. The smallest absolute Gasteiger partial charge is 0.338 e. The standard InChI is InChI=1S/C11H9Cl2N3O4S/c1-16-8(4-5-14-16)15-21(19,20)7-3-2-6(12)9(10(7)13)11(17)18/h2-5,15H,1H3,(H,17,18). The topological polar surface area (TPSA) is 101 Å². The highest BCUT2D eigenvalue weighted by atomic mass is 35.5. The Kier molecular flexibility index (Phi) is 4.13. The lowest BCUT2D eigenvalue weighted by molar-refractivity contribution is 0.0697. The first-order valence-corrected chi connectivity index (χ1v) is 7.70. The quantitative estimate of drug-likeness (QED) is 0.881. The zero-order valence-corrected chi connectivity index (χ0v) is 12.9. The van der Waals surface area contributed by atoms with Crippen LogP contribution in [0.5, 0.6) is 0 Å². The summed E-state index contributed by atoms with van der Waals surface area (Å²) in [6, 6.07) is 3.74. The monoisotopic (exact) mass is 349 g/mol. The van der Waals surface area contributed by atoms with Gasteiger partial charge in [0.05, 0.1) is 21.8 Å². The summed E-state index contributed by atoms with van der Waals surface area (Å²) < 4.78 is 28.1. The van der Waals surface area contributed by atoms with Crippen molar-refractivity contribution in [3.63, 3.8) is 0 Å². The molecular formula is C11H9Cl2N3O4S. The van der Waals surface area contributed by atoms with Crippen LogP contribution in [0.25, 0.3) is 0 Å². The number of rotatable bonds is 4. The zero-order valence-electron chi connectivity index (χ0n) is 10.5. The molecule has 2 aromatic rings. The summed E-state index contributed by atoms with van der Waals surface area (Å²) in [4.78, 5) is 10.7. The van der Waals surface area contributed by atoms with Crippen LogP contribution in [0.3, 0.4) is 0 Å². The maximum atomic E-state index is 12.3. The first-order chi connectivity index (χ1) is 9.74. The lowest BCUT2D eigenvalue weighted by Crippen LogP contribution is -2.17. The Morgan fingerprint density at radius 1 is 1.33 bits per heavy atom. The maximum Gasteiger partial charge on any atom is 0.338 e. The van der Waals surface area contributed by atoms with E-state index in [1.54, 1.807) is 7.05 Å². The predicted molar refractivity (Wildman–Crippen MR) is 77.4 cm³/mol. The minimum absolute atomic E-state index is 0.146. The van der Waals surface area contributed by atoms with Gasteiger partial charge < -0.3 is 5.11 Å². The van der Waals surface area contributed by atoms with Gasteiger partial charge in [-0.1, -0.05) is 23.2 Å². The van der Waals surface area contributed by atoms with E-state index in [4.69, 9.17) is 28.3 Å². The third-order valence-electron chi connectivity index (χ3n) is 2.62. The first-order valence-electron chi connectivity index (χ1n) is 5.46. The van der Waals surface area contributed by atoms with Gasteiger partial charge in [0.25, 0.3) is 10.0 Å². The third kappa shape index (κ3) is 2.97. The molecule has 0 aliphatic rings. The molecule has 0 aliphatic carbocycles. The van der Waals surface area contributed by atoms with Crippen LogP contribution in [0.2, 0.25) is 10.0 Å². The van der Waals surface area contributed by atoms with E-state index in [0.717, 1.165) is 12.1 Å². The molecule has 0 fully saturated rings. The van der Waals surface area contributed by atoms with E-state index in [9.17, 15) is 13.2 Å². The SMILES string of the molecule is Cn1nccc1NS(=O)(=O)c1ccc(Cl)c(C(=O)O)c1Cl. The molecule has 21 heavy (non-hydrogen) atoms. The summed E-state index contributed by atoms with van der Waals surface area (Å²) in [5.41, 5.74) is -0.466. The Morgan fingerprint density at radius 3 is 2.52 bits per heavy atom. The highest BCUT2D eigenvalue weighted by Crippen LogP contribution is 2.31. The third-order valence-corrected chi connectivity index (χ3v) is 4.84. The fourth-order valence-electron chi connectivity index (χ4n) is 1.60. The molecule has 10 heteroatoms. The Balaban J connectivity index is 2.53. The van der Waals surface area contributed by atoms with Crippen molar-refractivity contribution in [2.75, 3.05) is 4.72 Å². The highest BCUT2D eigenvalue weighted by molar-refractivity contribution is 7.92. The molecule has 0 unspecified atom stereocenters. The Bertz CT molecular complexity index is 817. The van der Waals surface area contributed by atoms with Crippen LogP contribution in [0, 0.1) is 0 Å². The molecular weight excluding hydrogens is 341 g/mol. The molecule has 0 radical (unpaired) electrons. The van der Waals surface area contributed by atoms with Crippen LogP contribution in [-0.2, 0) is 17.1 Å². The summed E-state index contributed by atoms with van der Waals surface area (Å²) in [7, 11) is -2.53. The molecule has 0 atom stereocenters. The second-order valence-corrected chi connectivity index (χ2v) is 6.42. The summed E-state index contributed by atoms with van der Waals surface area (Å²) in [6.07, 6.45) is 1.41. The molecule has 1 heterocycles. The van der Waals surface area contributed by atoms with Gasteiger partial charge in [0, 0.05) is 13.1 Å². The van der Waals surface area contributed by atoms with Gasteiger partial charge in [0.15, 0.2) is 0 Å². The fraction of sp³-hybridized carbons (Fsp3) is 0.0909. The number of nitrogens with zero attached hydrogens (tertiary/aromatic N) is 2. The van der Waals surface area contributed by atoms with Crippen LogP contribution >= 0.6 is 23.2 Å². The Morgan fingerprint density at radius 2 is 2.00 bits per heavy atom. The van der Waals surface area contributed by atoms with E-state index in [0.29, 0.717) is 0 Å². The summed E-state index contributed by atoms with van der Waals surface area (Å²) in [5, 5.41) is 12.3. The minimum Gasteiger partial charge on any atom is -0.478 e. The van der Waals surface area contributed by atoms with Crippen LogP contribution in [0.4, 0.5) is 5.82 Å². The summed E-state index contributed by atoms with van der Waals surface area (Å²) in [5.74, 6) is -1.21. The van der Waals surface area contributed by atoms with E-state index < -0.39 is 26.6 Å². The molecule has 2 rings (SSSR count). The summed E-state index contributed by atoms with van der Waals surface area (Å²) in [6.45, 7) is 0. The first kappa shape index (κ1) is 15.6.